The number of nitrogens with zero attached hydrogens (tertiary/aromatic N) is 5. The highest BCUT2D eigenvalue weighted by Gasteiger charge is 2.11. The van der Waals surface area contributed by atoms with Gasteiger partial charge in [0.2, 0.25) is 0 Å². The van der Waals surface area contributed by atoms with Gasteiger partial charge in [-0.3, -0.25) is 14.8 Å². The zero-order valence-electron chi connectivity index (χ0n) is 17.2. The molecule has 0 unspecified atom stereocenters. The molecular formula is C24H20N6O2. The van der Waals surface area contributed by atoms with Crippen LogP contribution in [-0.2, 0) is 6.54 Å². The van der Waals surface area contributed by atoms with E-state index in [4.69, 9.17) is 4.74 Å². The van der Waals surface area contributed by atoms with E-state index in [1.807, 2.05) is 53.1 Å². The van der Waals surface area contributed by atoms with Crippen molar-refractivity contribution >= 4 is 28.0 Å². The molecule has 1 aromatic carbocycles. The van der Waals surface area contributed by atoms with E-state index in [0.717, 1.165) is 16.6 Å². The topological polar surface area (TPSA) is 94.8 Å². The quantitative estimate of drug-likeness (QED) is 0.403. The minimum absolute atomic E-state index is 0.224. The molecular weight excluding hydrogens is 404 g/mol. The van der Waals surface area contributed by atoms with E-state index in [1.165, 1.54) is 0 Å². The number of para-hydroxylation sites is 1. The van der Waals surface area contributed by atoms with E-state index in [-0.39, 0.29) is 5.91 Å². The summed E-state index contributed by atoms with van der Waals surface area (Å²) in [6, 6.07) is 17.2. The summed E-state index contributed by atoms with van der Waals surface area (Å²) in [5.41, 5.74) is 3.53. The molecule has 0 bridgehead atoms. The van der Waals surface area contributed by atoms with E-state index in [9.17, 15) is 4.79 Å². The fourth-order valence-electron chi connectivity index (χ4n) is 3.48. The van der Waals surface area contributed by atoms with Crippen LogP contribution in [0.2, 0.25) is 0 Å². The minimum atomic E-state index is -0.224. The fraction of sp³-hybridized carbons (Fsp3) is 0.125. The molecule has 8 nitrogen and oxygen atoms in total. The first-order valence-electron chi connectivity index (χ1n) is 10.2. The van der Waals surface area contributed by atoms with Gasteiger partial charge in [0, 0.05) is 24.0 Å². The van der Waals surface area contributed by atoms with Crippen molar-refractivity contribution in [2.75, 3.05) is 13.2 Å². The van der Waals surface area contributed by atoms with Gasteiger partial charge in [0.05, 0.1) is 30.7 Å². The summed E-state index contributed by atoms with van der Waals surface area (Å²) in [5, 5.41) is 3.87. The highest BCUT2D eigenvalue weighted by molar-refractivity contribution is 5.96. The van der Waals surface area contributed by atoms with E-state index in [2.05, 4.69) is 25.3 Å². The second-order valence-corrected chi connectivity index (χ2v) is 7.20. The van der Waals surface area contributed by atoms with Gasteiger partial charge in [-0.1, -0.05) is 24.3 Å². The van der Waals surface area contributed by atoms with Crippen LogP contribution in [0, 0.1) is 0 Å². The number of ether oxygens (including phenoxy) is 1. The summed E-state index contributed by atoms with van der Waals surface area (Å²) in [4.78, 5) is 30.1. The maximum atomic E-state index is 12.5. The second-order valence-electron chi connectivity index (χ2n) is 7.20. The smallest absolute Gasteiger partial charge is 0.253 e. The maximum absolute atomic E-state index is 12.5. The highest BCUT2D eigenvalue weighted by Crippen LogP contribution is 2.22. The average Bonchev–Trinajstić information content (AvgIpc) is 3.24. The number of imidazole rings is 1. The molecule has 158 valence electrons. The summed E-state index contributed by atoms with van der Waals surface area (Å²) < 4.78 is 7.73. The van der Waals surface area contributed by atoms with Gasteiger partial charge in [-0.25, -0.2) is 9.97 Å². The lowest BCUT2D eigenvalue weighted by atomic mass is 10.2. The lowest BCUT2D eigenvalue weighted by molar-refractivity contribution is 0.0947. The van der Waals surface area contributed by atoms with Crippen LogP contribution in [0.15, 0.2) is 79.5 Å². The lowest BCUT2D eigenvalue weighted by Crippen LogP contribution is -2.28. The van der Waals surface area contributed by atoms with Crippen LogP contribution in [0.25, 0.3) is 22.1 Å². The molecule has 0 aliphatic rings. The predicted molar refractivity (Wildman–Crippen MR) is 120 cm³/mol. The predicted octanol–water partition coefficient (Wildman–Crippen LogP) is 3.23. The largest absolute Gasteiger partial charge is 0.489 e. The number of fused-ring (bicyclic) bond motifs is 2. The van der Waals surface area contributed by atoms with Crippen LogP contribution in [0.5, 0.6) is 5.75 Å². The molecule has 4 heterocycles. The summed E-state index contributed by atoms with van der Waals surface area (Å²) >= 11 is 0. The summed E-state index contributed by atoms with van der Waals surface area (Å²) in [7, 11) is 0. The van der Waals surface area contributed by atoms with Crippen molar-refractivity contribution in [2.45, 2.75) is 6.54 Å². The van der Waals surface area contributed by atoms with E-state index in [0.29, 0.717) is 42.2 Å². The second kappa shape index (κ2) is 8.81. The summed E-state index contributed by atoms with van der Waals surface area (Å²) in [6.07, 6.45) is 6.76. The molecule has 8 heteroatoms. The lowest BCUT2D eigenvalue weighted by Gasteiger charge is -2.09. The van der Waals surface area contributed by atoms with Gasteiger partial charge in [-0.2, -0.15) is 0 Å². The molecule has 1 N–H and O–H groups in total. The van der Waals surface area contributed by atoms with Crippen LogP contribution < -0.4 is 10.1 Å². The molecule has 5 aromatic rings. The molecule has 0 aliphatic carbocycles. The van der Waals surface area contributed by atoms with Crippen LogP contribution in [0.3, 0.4) is 0 Å². The normalized spacial score (nSPS) is 11.0. The Kier molecular flexibility index (Phi) is 5.40. The zero-order chi connectivity index (χ0) is 21.8. The van der Waals surface area contributed by atoms with Crippen LogP contribution in [-0.4, -0.2) is 43.6 Å². The molecule has 0 fully saturated rings. The number of aromatic nitrogens is 5. The molecule has 0 saturated heterocycles. The van der Waals surface area contributed by atoms with Crippen molar-refractivity contribution in [3.63, 3.8) is 0 Å². The molecule has 0 spiro atoms. The van der Waals surface area contributed by atoms with E-state index in [1.54, 1.807) is 31.0 Å². The molecule has 1 amide bonds. The first-order valence-corrected chi connectivity index (χ1v) is 10.2. The number of hydrogen-bond donors (Lipinski definition) is 1. The standard InChI is InChI=1S/C24H20N6O2/c31-24(27-11-12-32-21-8-3-5-17-6-4-10-26-22(17)21)18-13-20-23(28-14-18)30(16-29-20)15-19-7-1-2-9-25-19/h1-10,13-14,16H,11-12,15H2,(H,27,31). The van der Waals surface area contributed by atoms with Crippen molar-refractivity contribution in [1.29, 1.82) is 0 Å². The number of rotatable bonds is 7. The summed E-state index contributed by atoms with van der Waals surface area (Å²) in [6.45, 7) is 1.25. The monoisotopic (exact) mass is 424 g/mol. The van der Waals surface area contributed by atoms with Gasteiger partial charge < -0.3 is 14.6 Å². The van der Waals surface area contributed by atoms with Crippen molar-refractivity contribution in [1.82, 2.24) is 29.8 Å². The number of hydrogen-bond acceptors (Lipinski definition) is 6. The SMILES string of the molecule is O=C(NCCOc1cccc2cccnc12)c1cnc2c(c1)ncn2Cc1ccccn1. The molecule has 0 aliphatic heterocycles. The molecule has 0 atom stereocenters. The number of pyridine rings is 3. The van der Waals surface area contributed by atoms with Gasteiger partial charge in [-0.05, 0) is 30.3 Å². The number of benzene rings is 1. The molecule has 0 saturated carbocycles. The third kappa shape index (κ3) is 4.11. The average molecular weight is 424 g/mol. The van der Waals surface area contributed by atoms with Gasteiger partial charge in [-0.15, -0.1) is 0 Å². The first kappa shape index (κ1) is 19.6. The Morgan fingerprint density at radius 2 is 1.88 bits per heavy atom. The Hall–Kier alpha value is -4.33. The van der Waals surface area contributed by atoms with Crippen molar-refractivity contribution in [2.24, 2.45) is 0 Å². The van der Waals surface area contributed by atoms with Gasteiger partial charge in [0.1, 0.15) is 23.4 Å². The maximum Gasteiger partial charge on any atom is 0.253 e. The van der Waals surface area contributed by atoms with Crippen LogP contribution in [0.1, 0.15) is 16.1 Å². The van der Waals surface area contributed by atoms with Crippen LogP contribution >= 0.6 is 0 Å². The number of carbonyl (C=O) groups excluding carboxylic acids is 1. The van der Waals surface area contributed by atoms with Gasteiger partial charge >= 0.3 is 0 Å². The highest BCUT2D eigenvalue weighted by atomic mass is 16.5. The summed E-state index contributed by atoms with van der Waals surface area (Å²) in [5.74, 6) is 0.470. The Morgan fingerprint density at radius 3 is 2.78 bits per heavy atom. The van der Waals surface area contributed by atoms with E-state index >= 15 is 0 Å². The first-order chi connectivity index (χ1) is 15.8. The number of amides is 1. The van der Waals surface area contributed by atoms with Crippen molar-refractivity contribution in [3.05, 3.63) is 90.8 Å². The van der Waals surface area contributed by atoms with Gasteiger partial charge in [0.25, 0.3) is 5.91 Å². The zero-order valence-corrected chi connectivity index (χ0v) is 17.2. The van der Waals surface area contributed by atoms with Gasteiger partial charge in [0.15, 0.2) is 5.65 Å². The van der Waals surface area contributed by atoms with Crippen molar-refractivity contribution in [3.8, 4) is 5.75 Å². The van der Waals surface area contributed by atoms with Crippen LogP contribution in [0.4, 0.5) is 0 Å². The minimum Gasteiger partial charge on any atom is -0.489 e. The Bertz CT molecular complexity index is 1380. The Morgan fingerprint density at radius 1 is 0.969 bits per heavy atom. The Balaban J connectivity index is 1.20. The van der Waals surface area contributed by atoms with E-state index < -0.39 is 0 Å². The number of carbonyl (C=O) groups is 1. The molecule has 5 rings (SSSR count). The Labute approximate surface area is 183 Å². The molecule has 32 heavy (non-hydrogen) atoms. The molecule has 0 radical (unpaired) electrons. The van der Waals surface area contributed by atoms with Crippen molar-refractivity contribution < 1.29 is 9.53 Å². The third-order valence-electron chi connectivity index (χ3n) is 5.02. The fourth-order valence-corrected chi connectivity index (χ4v) is 3.48. The molecule has 4 aromatic heterocycles. The number of nitrogens with one attached hydrogen (secondary N) is 1. The third-order valence-corrected chi connectivity index (χ3v) is 5.02.